The van der Waals surface area contributed by atoms with E-state index >= 15 is 0 Å². The molecule has 0 saturated heterocycles. The smallest absolute Gasteiger partial charge is 0.238 e. The number of nitrogens with one attached hydrogen (secondary N) is 1. The normalized spacial score (nSPS) is 11.5. The van der Waals surface area contributed by atoms with Crippen LogP contribution in [0.5, 0.6) is 5.75 Å². The molecule has 0 radical (unpaired) electrons. The van der Waals surface area contributed by atoms with Crippen molar-refractivity contribution in [3.63, 3.8) is 0 Å². The van der Waals surface area contributed by atoms with Crippen molar-refractivity contribution in [2.24, 2.45) is 0 Å². The number of amides is 1. The molecule has 0 bridgehead atoms. The van der Waals surface area contributed by atoms with E-state index in [9.17, 15) is 9.90 Å². The lowest BCUT2D eigenvalue weighted by Crippen LogP contribution is -2.47. The number of nitrogens with zero attached hydrogens (tertiary/aromatic N) is 1. The van der Waals surface area contributed by atoms with Gasteiger partial charge in [0.15, 0.2) is 0 Å². The van der Waals surface area contributed by atoms with Gasteiger partial charge in [0.1, 0.15) is 5.75 Å². The molecule has 20 heavy (non-hydrogen) atoms. The molecule has 0 atom stereocenters. The monoisotopic (exact) mass is 280 g/mol. The van der Waals surface area contributed by atoms with Gasteiger partial charge in [-0.1, -0.05) is 12.1 Å². The van der Waals surface area contributed by atoms with E-state index in [1.54, 1.807) is 6.07 Å². The second-order valence-electron chi connectivity index (χ2n) is 5.30. The highest BCUT2D eigenvalue weighted by Crippen LogP contribution is 2.23. The Morgan fingerprint density at radius 2 is 2.05 bits per heavy atom. The molecule has 0 aliphatic carbocycles. The summed E-state index contributed by atoms with van der Waals surface area (Å²) in [4.78, 5) is 13.9. The van der Waals surface area contributed by atoms with Gasteiger partial charge in [-0.05, 0) is 40.0 Å². The SMILES string of the molecule is CCOc1ccccc1NC(=O)CN(C)C(C)(C)CO. The van der Waals surface area contributed by atoms with Crippen LogP contribution >= 0.6 is 0 Å². The fraction of sp³-hybridized carbons (Fsp3) is 0.533. The minimum atomic E-state index is -0.434. The van der Waals surface area contributed by atoms with Crippen molar-refractivity contribution >= 4 is 11.6 Å². The van der Waals surface area contributed by atoms with Gasteiger partial charge in [-0.25, -0.2) is 0 Å². The van der Waals surface area contributed by atoms with Gasteiger partial charge in [-0.3, -0.25) is 9.69 Å². The Labute approximate surface area is 120 Å². The zero-order valence-corrected chi connectivity index (χ0v) is 12.6. The summed E-state index contributed by atoms with van der Waals surface area (Å²) in [6.07, 6.45) is 0. The molecule has 0 aliphatic rings. The number of hydrogen-bond acceptors (Lipinski definition) is 4. The number of likely N-dealkylation sites (N-methyl/N-ethyl adjacent to an activating group) is 1. The number of hydrogen-bond donors (Lipinski definition) is 2. The molecule has 5 heteroatoms. The number of carbonyl (C=O) groups excluding carboxylic acids is 1. The number of carbonyl (C=O) groups is 1. The third kappa shape index (κ3) is 4.51. The van der Waals surface area contributed by atoms with Crippen LogP contribution in [0.4, 0.5) is 5.69 Å². The van der Waals surface area contributed by atoms with E-state index in [0.29, 0.717) is 18.0 Å². The lowest BCUT2D eigenvalue weighted by molar-refractivity contribution is -0.118. The highest BCUT2D eigenvalue weighted by atomic mass is 16.5. The van der Waals surface area contributed by atoms with Crippen molar-refractivity contribution in [3.05, 3.63) is 24.3 Å². The first-order valence-corrected chi connectivity index (χ1v) is 6.74. The number of para-hydroxylation sites is 2. The highest BCUT2D eigenvalue weighted by molar-refractivity contribution is 5.93. The molecule has 112 valence electrons. The lowest BCUT2D eigenvalue weighted by Gasteiger charge is -2.33. The van der Waals surface area contributed by atoms with Crippen LogP contribution in [0.25, 0.3) is 0 Å². The van der Waals surface area contributed by atoms with Gasteiger partial charge in [0, 0.05) is 5.54 Å². The fourth-order valence-electron chi connectivity index (χ4n) is 1.59. The number of benzene rings is 1. The average molecular weight is 280 g/mol. The van der Waals surface area contributed by atoms with Gasteiger partial charge in [-0.15, -0.1) is 0 Å². The van der Waals surface area contributed by atoms with Gasteiger partial charge >= 0.3 is 0 Å². The van der Waals surface area contributed by atoms with E-state index in [1.807, 2.05) is 50.9 Å². The Hall–Kier alpha value is -1.59. The number of ether oxygens (including phenoxy) is 1. The Bertz CT molecular complexity index is 446. The fourth-order valence-corrected chi connectivity index (χ4v) is 1.59. The van der Waals surface area contributed by atoms with Crippen molar-refractivity contribution in [3.8, 4) is 5.75 Å². The second kappa shape index (κ2) is 7.26. The molecule has 1 aromatic rings. The third-order valence-electron chi connectivity index (χ3n) is 3.26. The van der Waals surface area contributed by atoms with Crippen LogP contribution in [-0.2, 0) is 4.79 Å². The Kier molecular flexibility index (Phi) is 5.98. The van der Waals surface area contributed by atoms with E-state index in [1.165, 1.54) is 0 Å². The predicted octanol–water partition coefficient (Wildman–Crippen LogP) is 1.73. The Balaban J connectivity index is 2.67. The van der Waals surface area contributed by atoms with E-state index in [0.717, 1.165) is 0 Å². The largest absolute Gasteiger partial charge is 0.492 e. The number of aliphatic hydroxyl groups is 1. The molecule has 0 unspecified atom stereocenters. The van der Waals surface area contributed by atoms with Crippen LogP contribution in [0, 0.1) is 0 Å². The first-order chi connectivity index (χ1) is 9.40. The summed E-state index contributed by atoms with van der Waals surface area (Å²) in [5.41, 5.74) is 0.228. The van der Waals surface area contributed by atoms with Crippen molar-refractivity contribution < 1.29 is 14.6 Å². The summed E-state index contributed by atoms with van der Waals surface area (Å²) in [7, 11) is 1.81. The zero-order valence-electron chi connectivity index (χ0n) is 12.6. The van der Waals surface area contributed by atoms with E-state index in [-0.39, 0.29) is 19.1 Å². The maximum absolute atomic E-state index is 12.1. The molecule has 0 aliphatic heterocycles. The second-order valence-corrected chi connectivity index (χ2v) is 5.30. The van der Waals surface area contributed by atoms with Crippen molar-refractivity contribution in [1.29, 1.82) is 0 Å². The number of anilines is 1. The summed E-state index contributed by atoms with van der Waals surface area (Å²) < 4.78 is 5.46. The third-order valence-corrected chi connectivity index (χ3v) is 3.26. The topological polar surface area (TPSA) is 61.8 Å². The molecule has 1 amide bonds. The Morgan fingerprint density at radius 1 is 1.40 bits per heavy atom. The Morgan fingerprint density at radius 3 is 2.65 bits per heavy atom. The molecular weight excluding hydrogens is 256 g/mol. The molecule has 1 rings (SSSR count). The molecule has 2 N–H and O–H groups in total. The van der Waals surface area contributed by atoms with Crippen LogP contribution in [-0.4, -0.2) is 48.3 Å². The van der Waals surface area contributed by atoms with Crippen LogP contribution in [0.1, 0.15) is 20.8 Å². The maximum Gasteiger partial charge on any atom is 0.238 e. The van der Waals surface area contributed by atoms with Crippen molar-refractivity contribution in [2.75, 3.05) is 32.1 Å². The number of aliphatic hydroxyl groups excluding tert-OH is 1. The standard InChI is InChI=1S/C15H24N2O3/c1-5-20-13-9-7-6-8-12(13)16-14(19)10-17(4)15(2,3)11-18/h6-9,18H,5,10-11H2,1-4H3,(H,16,19). The maximum atomic E-state index is 12.1. The molecule has 0 heterocycles. The van der Waals surface area contributed by atoms with Gasteiger partial charge in [-0.2, -0.15) is 0 Å². The summed E-state index contributed by atoms with van der Waals surface area (Å²) in [6.45, 7) is 6.41. The van der Waals surface area contributed by atoms with Crippen LogP contribution in [0.3, 0.4) is 0 Å². The highest BCUT2D eigenvalue weighted by Gasteiger charge is 2.24. The van der Waals surface area contributed by atoms with E-state index < -0.39 is 5.54 Å². The minimum Gasteiger partial charge on any atom is -0.492 e. The quantitative estimate of drug-likeness (QED) is 0.798. The first-order valence-electron chi connectivity index (χ1n) is 6.74. The number of rotatable bonds is 7. The molecule has 5 nitrogen and oxygen atoms in total. The van der Waals surface area contributed by atoms with Gasteiger partial charge in [0.2, 0.25) is 5.91 Å². The molecule has 0 aromatic heterocycles. The lowest BCUT2D eigenvalue weighted by atomic mass is 10.1. The first kappa shape index (κ1) is 16.5. The molecule has 0 fully saturated rings. The minimum absolute atomic E-state index is 0.00763. The molecule has 0 saturated carbocycles. The van der Waals surface area contributed by atoms with E-state index in [4.69, 9.17) is 4.74 Å². The van der Waals surface area contributed by atoms with Crippen molar-refractivity contribution in [2.45, 2.75) is 26.3 Å². The summed E-state index contributed by atoms with van der Waals surface area (Å²) in [5, 5.41) is 12.1. The molecule has 1 aromatic carbocycles. The summed E-state index contributed by atoms with van der Waals surface area (Å²) >= 11 is 0. The van der Waals surface area contributed by atoms with Crippen LogP contribution in [0.15, 0.2) is 24.3 Å². The summed E-state index contributed by atoms with van der Waals surface area (Å²) in [6, 6.07) is 7.34. The van der Waals surface area contributed by atoms with Gasteiger partial charge in [0.05, 0.1) is 25.4 Å². The predicted molar refractivity (Wildman–Crippen MR) is 80.0 cm³/mol. The van der Waals surface area contributed by atoms with Crippen LogP contribution in [0.2, 0.25) is 0 Å². The van der Waals surface area contributed by atoms with Gasteiger partial charge in [0.25, 0.3) is 0 Å². The van der Waals surface area contributed by atoms with Crippen LogP contribution < -0.4 is 10.1 Å². The van der Waals surface area contributed by atoms with E-state index in [2.05, 4.69) is 5.32 Å². The summed E-state index contributed by atoms with van der Waals surface area (Å²) in [5.74, 6) is 0.522. The zero-order chi connectivity index (χ0) is 15.2. The molecule has 0 spiro atoms. The average Bonchev–Trinajstić information content (AvgIpc) is 2.41. The van der Waals surface area contributed by atoms with Gasteiger partial charge < -0.3 is 15.2 Å². The molecular formula is C15H24N2O3. The van der Waals surface area contributed by atoms with Crippen molar-refractivity contribution in [1.82, 2.24) is 4.90 Å².